The van der Waals surface area contributed by atoms with Crippen molar-refractivity contribution in [3.05, 3.63) is 139 Å². The first-order chi connectivity index (χ1) is 31.6. The normalized spacial score (nSPS) is 13.4. The lowest BCUT2D eigenvalue weighted by Gasteiger charge is -2.28. The van der Waals surface area contributed by atoms with E-state index in [-0.39, 0.29) is 59.5 Å². The number of aliphatic carboxylic acids is 2. The summed E-state index contributed by atoms with van der Waals surface area (Å²) in [5.41, 5.74) is 10.0. The number of aromatic hydroxyl groups is 2. The fourth-order valence-electron chi connectivity index (χ4n) is 8.55. The molecule has 0 spiro atoms. The van der Waals surface area contributed by atoms with Crippen LogP contribution in [0.15, 0.2) is 60.9 Å². The van der Waals surface area contributed by atoms with Crippen molar-refractivity contribution in [1.29, 1.82) is 0 Å². The Kier molecular flexibility index (Phi) is 13.3. The van der Waals surface area contributed by atoms with Crippen molar-refractivity contribution in [2.75, 3.05) is 0 Å². The summed E-state index contributed by atoms with van der Waals surface area (Å²) in [5, 5.41) is 60.5. The van der Waals surface area contributed by atoms with Gasteiger partial charge in [-0.05, 0) is 88.4 Å². The molecule has 0 fully saturated rings. The Bertz CT molecular complexity index is 2590. The number of phenols is 2. The van der Waals surface area contributed by atoms with Gasteiger partial charge in [0.1, 0.15) is 60.7 Å². The van der Waals surface area contributed by atoms with Crippen LogP contribution in [0.4, 0.5) is 0 Å². The van der Waals surface area contributed by atoms with Crippen molar-refractivity contribution in [1.82, 2.24) is 30.0 Å². The monoisotopic (exact) mass is 926 g/mol. The van der Waals surface area contributed by atoms with Gasteiger partial charge in [-0.1, -0.05) is 142 Å². The highest BCUT2D eigenvalue weighted by Gasteiger charge is 2.29. The molecule has 2 heterocycles. The van der Waals surface area contributed by atoms with Gasteiger partial charge in [0.15, 0.2) is 0 Å². The number of carboxylic acid groups (broad SMARTS) is 2. The highest BCUT2D eigenvalue weighted by Crippen LogP contribution is 2.44. The first kappa shape index (κ1) is 49.2. The second-order valence-electron chi connectivity index (χ2n) is 22.4. The quantitative estimate of drug-likeness (QED) is 0.102. The van der Waals surface area contributed by atoms with Gasteiger partial charge in [-0.25, -0.2) is 9.36 Å². The fraction of sp³-hybridized carbons (Fsp3) is 0.444. The Labute approximate surface area is 399 Å². The minimum Gasteiger partial charge on any atom is -0.507 e. The molecule has 0 amide bonds. The lowest BCUT2D eigenvalue weighted by atomic mass is 9.79. The molecule has 14 heteroatoms. The van der Waals surface area contributed by atoms with E-state index in [4.69, 9.17) is 9.47 Å². The number of carboxylic acids is 2. The molecule has 4 N–H and O–H groups in total. The Morgan fingerprint density at radius 1 is 0.471 bits per heavy atom. The Hall–Kier alpha value is -6.70. The van der Waals surface area contributed by atoms with Crippen LogP contribution in [0.1, 0.15) is 161 Å². The zero-order valence-corrected chi connectivity index (χ0v) is 41.5. The van der Waals surface area contributed by atoms with Gasteiger partial charge in [0.05, 0.1) is 12.4 Å². The highest BCUT2D eigenvalue weighted by atomic mass is 16.5. The van der Waals surface area contributed by atoms with E-state index in [1.807, 2.05) is 0 Å². The molecule has 8 bridgehead atoms. The molecule has 68 heavy (non-hydrogen) atoms. The van der Waals surface area contributed by atoms with Gasteiger partial charge in [-0.2, -0.15) is 0 Å². The third-order valence-corrected chi connectivity index (χ3v) is 12.5. The van der Waals surface area contributed by atoms with E-state index in [1.54, 1.807) is 12.4 Å². The van der Waals surface area contributed by atoms with Crippen LogP contribution in [0, 0.1) is 0 Å². The van der Waals surface area contributed by atoms with Crippen molar-refractivity contribution in [2.45, 2.75) is 157 Å². The van der Waals surface area contributed by atoms with Gasteiger partial charge in [-0.15, -0.1) is 10.2 Å². The van der Waals surface area contributed by atoms with Crippen LogP contribution < -0.4 is 9.47 Å². The molecule has 14 nitrogen and oxygen atoms in total. The van der Waals surface area contributed by atoms with E-state index in [2.05, 4.69) is 152 Å². The molecule has 0 saturated carbocycles. The number of phenolic OH excluding ortho intramolecular Hbond substituents is 2. The molecule has 7 rings (SSSR count). The first-order valence-corrected chi connectivity index (χ1v) is 23.1. The van der Waals surface area contributed by atoms with Crippen LogP contribution in [-0.2, 0) is 83.2 Å². The highest BCUT2D eigenvalue weighted by molar-refractivity contribution is 5.66. The topological polar surface area (TPSA) is 195 Å². The molecule has 0 saturated heterocycles. The number of aromatic nitrogens is 6. The van der Waals surface area contributed by atoms with Gasteiger partial charge in [0.2, 0.25) is 0 Å². The third-order valence-electron chi connectivity index (χ3n) is 12.5. The molecular weight excluding hydrogens is 861 g/mol. The van der Waals surface area contributed by atoms with Crippen LogP contribution in [0.25, 0.3) is 0 Å². The molecule has 0 radical (unpaired) electrons. The third kappa shape index (κ3) is 11.3. The molecule has 4 aromatic carbocycles. The molecular formula is C54H66N6O8. The number of ether oxygens (including phenoxy) is 2. The molecule has 6 aromatic rings. The van der Waals surface area contributed by atoms with Gasteiger partial charge >= 0.3 is 11.9 Å². The van der Waals surface area contributed by atoms with Crippen LogP contribution in [0.2, 0.25) is 0 Å². The number of carbonyl (C=O) groups is 2. The molecule has 0 aliphatic heterocycles. The maximum absolute atomic E-state index is 12.6. The van der Waals surface area contributed by atoms with E-state index >= 15 is 0 Å². The summed E-state index contributed by atoms with van der Waals surface area (Å²) in [4.78, 5) is 23.0. The van der Waals surface area contributed by atoms with Gasteiger partial charge in [-0.3, -0.25) is 9.59 Å². The summed E-state index contributed by atoms with van der Waals surface area (Å²) in [6, 6.07) is 16.9. The van der Waals surface area contributed by atoms with Gasteiger partial charge < -0.3 is 29.9 Å². The summed E-state index contributed by atoms with van der Waals surface area (Å²) >= 11 is 0. The van der Waals surface area contributed by atoms with Crippen molar-refractivity contribution in [3.63, 3.8) is 0 Å². The van der Waals surface area contributed by atoms with Gasteiger partial charge in [0.25, 0.3) is 0 Å². The van der Waals surface area contributed by atoms with Crippen LogP contribution in [-0.4, -0.2) is 62.4 Å². The predicted octanol–water partition coefficient (Wildman–Crippen LogP) is 9.47. The van der Waals surface area contributed by atoms with Crippen LogP contribution in [0.5, 0.6) is 23.0 Å². The molecule has 360 valence electrons. The van der Waals surface area contributed by atoms with Crippen molar-refractivity contribution in [2.24, 2.45) is 0 Å². The Morgan fingerprint density at radius 3 is 0.956 bits per heavy atom. The van der Waals surface area contributed by atoms with Crippen LogP contribution in [0.3, 0.4) is 0 Å². The number of benzene rings is 4. The molecule has 0 atom stereocenters. The van der Waals surface area contributed by atoms with Crippen molar-refractivity contribution < 1.29 is 39.5 Å². The van der Waals surface area contributed by atoms with E-state index in [0.29, 0.717) is 70.8 Å². The zero-order valence-electron chi connectivity index (χ0n) is 41.5. The summed E-state index contributed by atoms with van der Waals surface area (Å²) in [6.07, 6.45) is 4.30. The maximum Gasteiger partial charge on any atom is 0.325 e. The fourth-order valence-corrected chi connectivity index (χ4v) is 8.55. The standard InChI is InChI=1S/C54H66N6O8/c1-51(2,3)39-17-31-13-35-21-41(53(7,8)9)23-37(49(35)67-29-43-25-59(57-55-43)27-45(61)62)15-33-19-40(52(4,5)6)20-34(48(33)66)16-38-24-42(54(10,11)12)22-36(14-32(18-39)47(31)65)50(38)68-30-44-26-60(58-56-44)28-46(63)64/h17-26,65-66H,13-16,27-30H2,1-12H3,(H,61,62)(H,63,64). The number of nitrogens with zero attached hydrogens (tertiary/aromatic N) is 6. The predicted molar refractivity (Wildman–Crippen MR) is 259 cm³/mol. The SMILES string of the molecule is CC(C)(C)c1cc2c(O)c(c1)Cc1cc(C(C)(C)C)cc(c1OCc1cn(CC(=O)O)nn1)Cc1cc(C(C)(C)C)cc(c1O)Cc1cc(C(C)(C)C)cc(c1OCc1cn(CC(=O)O)nn1)C2. The Morgan fingerprint density at radius 2 is 0.721 bits per heavy atom. The van der Waals surface area contributed by atoms with Gasteiger partial charge in [0, 0.05) is 25.7 Å². The molecule has 0 unspecified atom stereocenters. The summed E-state index contributed by atoms with van der Waals surface area (Å²) in [5.74, 6) is -0.611. The van der Waals surface area contributed by atoms with Crippen LogP contribution >= 0.6 is 0 Å². The van der Waals surface area contributed by atoms with E-state index in [1.165, 1.54) is 9.36 Å². The van der Waals surface area contributed by atoms with E-state index < -0.39 is 11.9 Å². The average molecular weight is 927 g/mol. The van der Waals surface area contributed by atoms with E-state index in [0.717, 1.165) is 44.5 Å². The molecule has 1 aliphatic rings. The maximum atomic E-state index is 12.6. The van der Waals surface area contributed by atoms with Crippen molar-refractivity contribution in [3.8, 4) is 23.0 Å². The number of hydrogen-bond donors (Lipinski definition) is 4. The lowest BCUT2D eigenvalue weighted by molar-refractivity contribution is -0.139. The molecule has 1 aliphatic carbocycles. The zero-order chi connectivity index (χ0) is 49.7. The summed E-state index contributed by atoms with van der Waals surface area (Å²) in [7, 11) is 0. The number of hydrogen-bond acceptors (Lipinski definition) is 10. The van der Waals surface area contributed by atoms with Crippen molar-refractivity contribution >= 4 is 11.9 Å². The number of fused-ring (bicyclic) bond motifs is 8. The largest absolute Gasteiger partial charge is 0.507 e. The second kappa shape index (κ2) is 18.4. The van der Waals surface area contributed by atoms with E-state index in [9.17, 15) is 30.0 Å². The average Bonchev–Trinajstić information content (AvgIpc) is 3.86. The summed E-state index contributed by atoms with van der Waals surface area (Å²) < 4.78 is 16.1. The Balaban J connectivity index is 1.51. The second-order valence-corrected chi connectivity index (χ2v) is 22.4. The first-order valence-electron chi connectivity index (χ1n) is 23.1. The minimum atomic E-state index is -1.04. The number of rotatable bonds is 10. The smallest absolute Gasteiger partial charge is 0.325 e. The lowest BCUT2D eigenvalue weighted by Crippen LogP contribution is -2.16. The summed E-state index contributed by atoms with van der Waals surface area (Å²) in [6.45, 7) is 25.2. The minimum absolute atomic E-state index is 0.00356. The molecule has 2 aromatic heterocycles.